The number of aromatic nitrogens is 3. The van der Waals surface area contributed by atoms with Crippen LogP contribution in [0.15, 0.2) is 41.5 Å². The predicted molar refractivity (Wildman–Crippen MR) is 189 cm³/mol. The molecule has 4 aliphatic heterocycles. The lowest BCUT2D eigenvalue weighted by molar-refractivity contribution is -0.482. The third-order valence-electron chi connectivity index (χ3n) is 10.9. The third-order valence-corrected chi connectivity index (χ3v) is 13.0. The Morgan fingerprint density at radius 3 is 2.41 bits per heavy atom. The third kappa shape index (κ3) is 7.19. The summed E-state index contributed by atoms with van der Waals surface area (Å²) in [4.78, 5) is 25.9. The van der Waals surface area contributed by atoms with Crippen molar-refractivity contribution in [3.63, 3.8) is 0 Å². The molecule has 0 saturated carbocycles. The highest BCUT2D eigenvalue weighted by atomic mass is 32.2. The first-order chi connectivity index (χ1) is 23.5. The molecule has 0 radical (unpaired) electrons. The minimum absolute atomic E-state index is 0.0113. The SMILES string of the molecule is CSC=[N+]1c2ncnc3c2cc(C2(C#N)CCS(=O)(=O)CC2)c(=O)n3CCCCCCCN2CCC(CC2)C(F)(F)c2cccc(c2)[C@H]1C. The number of fused-ring (bicyclic) bond motifs is 9. The molecule has 6 heterocycles. The number of rotatable bonds is 2. The van der Waals surface area contributed by atoms with Gasteiger partial charge >= 0.3 is 5.82 Å². The highest BCUT2D eigenvalue weighted by molar-refractivity contribution is 8.11. The van der Waals surface area contributed by atoms with Crippen molar-refractivity contribution in [2.45, 2.75) is 88.6 Å². The number of benzene rings is 1. The normalized spacial score (nSPS) is 26.6. The van der Waals surface area contributed by atoms with Gasteiger partial charge in [-0.2, -0.15) is 10.2 Å². The van der Waals surface area contributed by atoms with Crippen LogP contribution in [0.3, 0.4) is 0 Å². The summed E-state index contributed by atoms with van der Waals surface area (Å²) < 4.78 is 60.6. The lowest BCUT2D eigenvalue weighted by Crippen LogP contribution is -2.41. The number of nitrogens with zero attached hydrogens (tertiary/aromatic N) is 6. The lowest BCUT2D eigenvalue weighted by atomic mass is 9.77. The van der Waals surface area contributed by atoms with Crippen LogP contribution in [-0.4, -0.2) is 75.4 Å². The van der Waals surface area contributed by atoms with E-state index in [1.165, 1.54) is 24.2 Å². The summed E-state index contributed by atoms with van der Waals surface area (Å²) >= 11 is 1.44. The summed E-state index contributed by atoms with van der Waals surface area (Å²) in [6.45, 7) is 4.57. The monoisotopic (exact) mass is 711 g/mol. The van der Waals surface area contributed by atoms with Gasteiger partial charge in [0, 0.05) is 23.6 Å². The van der Waals surface area contributed by atoms with Gasteiger partial charge in [-0.15, -0.1) is 0 Å². The van der Waals surface area contributed by atoms with E-state index in [2.05, 4.69) is 16.0 Å². The number of thioether (sulfide) groups is 1. The van der Waals surface area contributed by atoms with Gasteiger partial charge in [-0.25, -0.2) is 21.8 Å². The Bertz CT molecular complexity index is 1920. The first kappa shape index (κ1) is 35.6. The van der Waals surface area contributed by atoms with Crippen LogP contribution in [0.25, 0.3) is 11.0 Å². The topological polar surface area (TPSA) is 112 Å². The Morgan fingerprint density at radius 2 is 1.71 bits per heavy atom. The molecule has 13 heteroatoms. The van der Waals surface area contributed by atoms with Gasteiger partial charge in [-0.1, -0.05) is 49.2 Å². The first-order valence-corrected chi connectivity index (χ1v) is 20.5. The molecular formula is C36H45F2N6O3S2+. The summed E-state index contributed by atoms with van der Waals surface area (Å²) in [7, 11) is -3.31. The second kappa shape index (κ2) is 14.6. The zero-order valence-electron chi connectivity index (χ0n) is 28.3. The Morgan fingerprint density at radius 1 is 1.02 bits per heavy atom. The maximum absolute atomic E-state index is 16.1. The molecule has 0 spiro atoms. The quantitative estimate of drug-likeness (QED) is 0.224. The van der Waals surface area contributed by atoms with Crippen LogP contribution in [-0.2, 0) is 27.7 Å². The number of alkyl halides is 2. The van der Waals surface area contributed by atoms with Crippen LogP contribution in [0.5, 0.6) is 0 Å². The Balaban J connectivity index is 1.51. The Kier molecular flexibility index (Phi) is 10.6. The fourth-order valence-electron chi connectivity index (χ4n) is 7.75. The van der Waals surface area contributed by atoms with E-state index >= 15 is 8.78 Å². The maximum atomic E-state index is 16.1. The van der Waals surface area contributed by atoms with Crippen LogP contribution in [0.2, 0.25) is 0 Å². The zero-order valence-corrected chi connectivity index (χ0v) is 29.9. The summed E-state index contributed by atoms with van der Waals surface area (Å²) in [5.74, 6) is -3.55. The Hall–Kier alpha value is -3.21. The molecule has 0 N–H and O–H groups in total. The van der Waals surface area contributed by atoms with Gasteiger partial charge in [0.2, 0.25) is 6.33 Å². The maximum Gasteiger partial charge on any atom is 0.336 e. The van der Waals surface area contributed by atoms with E-state index in [0.29, 0.717) is 54.9 Å². The van der Waals surface area contributed by atoms with E-state index in [1.807, 2.05) is 29.4 Å². The van der Waals surface area contributed by atoms with E-state index < -0.39 is 33.1 Å². The largest absolute Gasteiger partial charge is 0.336 e. The molecule has 2 aromatic heterocycles. The first-order valence-electron chi connectivity index (χ1n) is 17.4. The number of halogens is 2. The van der Waals surface area contributed by atoms with E-state index in [1.54, 1.807) is 22.8 Å². The van der Waals surface area contributed by atoms with Crippen LogP contribution >= 0.6 is 11.8 Å². The van der Waals surface area contributed by atoms with E-state index in [-0.39, 0.29) is 41.0 Å². The van der Waals surface area contributed by atoms with Gasteiger partial charge in [0.1, 0.15) is 26.8 Å². The van der Waals surface area contributed by atoms with Crippen molar-refractivity contribution in [1.29, 1.82) is 5.26 Å². The number of sulfone groups is 1. The minimum Gasteiger partial charge on any atom is -0.303 e. The summed E-state index contributed by atoms with van der Waals surface area (Å²) in [6, 6.07) is 10.3. The predicted octanol–water partition coefficient (Wildman–Crippen LogP) is 6.33. The van der Waals surface area contributed by atoms with E-state index in [9.17, 15) is 18.5 Å². The van der Waals surface area contributed by atoms with E-state index in [0.717, 1.165) is 38.6 Å². The summed E-state index contributed by atoms with van der Waals surface area (Å²) in [6.07, 6.45) is 8.91. The van der Waals surface area contributed by atoms with Crippen LogP contribution in [0.1, 0.15) is 87.4 Å². The molecule has 49 heavy (non-hydrogen) atoms. The highest BCUT2D eigenvalue weighted by Gasteiger charge is 2.44. The van der Waals surface area contributed by atoms with Crippen LogP contribution in [0.4, 0.5) is 14.6 Å². The molecule has 4 aliphatic rings. The number of aryl methyl sites for hydroxylation is 1. The van der Waals surface area contributed by atoms with Crippen molar-refractivity contribution in [1.82, 2.24) is 19.4 Å². The number of hydrogen-bond acceptors (Lipinski definition) is 8. The lowest BCUT2D eigenvalue weighted by Gasteiger charge is -2.36. The average molecular weight is 712 g/mol. The molecule has 9 nitrogen and oxygen atoms in total. The standard InChI is InChI=1S/C36H45F2N6O3S2/c1-26-27-9-8-10-29(21-27)36(37,38)28-11-17-42(18-12-28)15-6-4-3-5-7-16-43-32-30(33(41-24-40-32)44(26)25-48-2)22-31(34(43)45)35(23-39)13-19-49(46,47)20-14-35/h8-10,21-22,24-26,28H,3-7,11-20H2,1-2H3/q+1/t26-/m1/s1. The summed E-state index contributed by atoms with van der Waals surface area (Å²) in [5, 5.41) is 11.1. The zero-order chi connectivity index (χ0) is 34.8. The molecule has 1 atom stereocenters. The molecular weight excluding hydrogens is 667 g/mol. The minimum atomic E-state index is -3.31. The second-order valence-electron chi connectivity index (χ2n) is 13.9. The smallest absolute Gasteiger partial charge is 0.303 e. The van der Waals surface area contributed by atoms with Crippen molar-refractivity contribution in [3.05, 3.63) is 63.7 Å². The van der Waals surface area contributed by atoms with Gasteiger partial charge in [0.05, 0.1) is 23.0 Å². The fraction of sp³-hybridized carbons (Fsp3) is 0.583. The van der Waals surface area contributed by atoms with Crippen LogP contribution < -0.4 is 5.56 Å². The van der Waals surface area contributed by atoms with Gasteiger partial charge in [-0.3, -0.25) is 9.36 Å². The number of piperidine rings is 1. The van der Waals surface area contributed by atoms with Crippen LogP contribution in [0, 0.1) is 17.2 Å². The number of hydrogen-bond donors (Lipinski definition) is 0. The molecule has 0 aliphatic carbocycles. The van der Waals surface area contributed by atoms with Crippen molar-refractivity contribution >= 4 is 44.0 Å². The van der Waals surface area contributed by atoms with Gasteiger partial charge in [-0.05, 0) is 94.0 Å². The highest BCUT2D eigenvalue weighted by Crippen LogP contribution is 2.43. The van der Waals surface area contributed by atoms with E-state index in [4.69, 9.17) is 4.98 Å². The van der Waals surface area contributed by atoms with Crippen molar-refractivity contribution in [2.24, 2.45) is 5.92 Å². The number of nitriles is 1. The molecule has 7 rings (SSSR count). The molecule has 2 fully saturated rings. The molecule has 0 amide bonds. The molecule has 0 unspecified atom stereocenters. The molecule has 1 aromatic carbocycles. The van der Waals surface area contributed by atoms with Gasteiger partial charge in [0.25, 0.3) is 11.5 Å². The molecule has 8 bridgehead atoms. The second-order valence-corrected chi connectivity index (χ2v) is 16.8. The Labute approximate surface area is 291 Å². The van der Waals surface area contributed by atoms with Crippen molar-refractivity contribution < 1.29 is 21.8 Å². The average Bonchev–Trinajstić information content (AvgIpc) is 3.10. The molecule has 2 saturated heterocycles. The molecule has 3 aromatic rings. The summed E-state index contributed by atoms with van der Waals surface area (Å²) in [5.41, 5.74) is 1.67. The fourth-order valence-corrected chi connectivity index (χ4v) is 9.78. The molecule has 262 valence electrons. The number of pyridine rings is 1. The van der Waals surface area contributed by atoms with Crippen molar-refractivity contribution in [2.75, 3.05) is 37.4 Å². The van der Waals surface area contributed by atoms with Gasteiger partial charge < -0.3 is 4.90 Å². The van der Waals surface area contributed by atoms with Gasteiger partial charge in [0.15, 0.2) is 5.65 Å². The van der Waals surface area contributed by atoms with Crippen molar-refractivity contribution in [3.8, 4) is 6.07 Å².